The first-order valence-corrected chi connectivity index (χ1v) is 13.4. The monoisotopic (exact) mass is 368 g/mol. The molecule has 138 valence electrons. The van der Waals surface area contributed by atoms with Gasteiger partial charge in [-0.1, -0.05) is 6.92 Å². The van der Waals surface area contributed by atoms with E-state index in [1.807, 2.05) is 34.6 Å². The highest BCUT2D eigenvalue weighted by atomic mass is 31.2. The quantitative estimate of drug-likeness (QED) is 0.448. The minimum atomic E-state index is -2.99. The van der Waals surface area contributed by atoms with Crippen LogP contribution < -0.4 is 5.32 Å². The van der Waals surface area contributed by atoms with Gasteiger partial charge >= 0.3 is 14.9 Å². The Kier molecular flexibility index (Phi) is 10.5. The number of carbonyl (C=O) groups is 1. The largest absolute Gasteiger partial charge is 0.524 e. The predicted molar refractivity (Wildman–Crippen MR) is 98.5 cm³/mol. The molecule has 1 N–H and O–H groups in total. The summed E-state index contributed by atoms with van der Waals surface area (Å²) < 4.78 is 23.1. The molecule has 6 nitrogen and oxygen atoms in total. The molecule has 0 rings (SSSR count). The molecule has 0 saturated carbocycles. The Bertz CT molecular complexity index is 334. The van der Waals surface area contributed by atoms with E-state index >= 15 is 0 Å². The topological polar surface area (TPSA) is 66.0 Å². The van der Waals surface area contributed by atoms with Gasteiger partial charge < -0.3 is 23.3 Å². The smallest absolute Gasteiger partial charge is 0.412 e. The maximum atomic E-state index is 12.3. The molecule has 8 heteroatoms. The summed E-state index contributed by atoms with van der Waals surface area (Å²) in [6.45, 7) is 17.5. The highest BCUT2D eigenvalue weighted by Crippen LogP contribution is 2.52. The molecule has 0 aromatic carbocycles. The third kappa shape index (κ3) is 7.48. The van der Waals surface area contributed by atoms with Crippen molar-refractivity contribution in [3.63, 3.8) is 0 Å². The molecule has 0 saturated heterocycles. The van der Waals surface area contributed by atoms with Crippen molar-refractivity contribution >= 4 is 22.2 Å². The molecule has 0 heterocycles. The minimum absolute atomic E-state index is 0.0950. The molecule has 0 aliphatic heterocycles. The normalized spacial score (nSPS) is 15.1. The van der Waals surface area contributed by atoms with Gasteiger partial charge in [0.2, 0.25) is 5.85 Å². The molecule has 1 amide bonds. The summed E-state index contributed by atoms with van der Waals surface area (Å²) in [5.74, 6) is -0.0950. The number of alkyl carbamates (subject to hydrolysis) is 1. The summed E-state index contributed by atoms with van der Waals surface area (Å²) in [7, 11) is -4.24. The van der Waals surface area contributed by atoms with Crippen LogP contribution in [0.25, 0.3) is 0 Å². The van der Waals surface area contributed by atoms with Gasteiger partial charge in [-0.3, -0.25) is 0 Å². The van der Waals surface area contributed by atoms with Crippen molar-refractivity contribution in [2.75, 3.05) is 39.8 Å². The highest BCUT2D eigenvalue weighted by molar-refractivity contribution is 7.74. The van der Waals surface area contributed by atoms with Crippen molar-refractivity contribution in [3.05, 3.63) is 0 Å². The number of hydrogen-bond donors (Lipinski definition) is 1. The third-order valence-corrected chi connectivity index (χ3v) is 9.30. The van der Waals surface area contributed by atoms with Crippen LogP contribution >= 0.6 is 7.26 Å². The third-order valence-electron chi connectivity index (χ3n) is 3.53. The van der Waals surface area contributed by atoms with Crippen molar-refractivity contribution < 1.29 is 22.8 Å². The molecular weight excluding hydrogens is 333 g/mol. The van der Waals surface area contributed by atoms with E-state index in [4.69, 9.17) is 18.0 Å². The van der Waals surface area contributed by atoms with Gasteiger partial charge in [-0.25, -0.2) is 4.79 Å². The summed E-state index contributed by atoms with van der Waals surface area (Å²) in [5, 5.41) is 2.91. The summed E-state index contributed by atoms with van der Waals surface area (Å²) in [6, 6.07) is 0. The van der Waals surface area contributed by atoms with Gasteiger partial charge in [-0.05, 0) is 27.2 Å². The second kappa shape index (κ2) is 10.6. The Balaban J connectivity index is 5.08. The summed E-state index contributed by atoms with van der Waals surface area (Å²) in [4.78, 5) is 12.3. The molecule has 0 aromatic rings. The Hall–Kier alpha value is -0.203. The van der Waals surface area contributed by atoms with Crippen molar-refractivity contribution in [3.8, 4) is 0 Å². The number of hydrogen-bond acceptors (Lipinski definition) is 5. The van der Waals surface area contributed by atoms with E-state index in [0.717, 1.165) is 0 Å². The fourth-order valence-corrected chi connectivity index (χ4v) is 5.23. The molecular formula is C15H35NO5PSi+. The number of ether oxygens (including phenoxy) is 1. The number of amides is 1. The van der Waals surface area contributed by atoms with Crippen LogP contribution in [0, 0.1) is 0 Å². The number of carbonyl (C=O) groups excluding carboxylic acids is 1. The van der Waals surface area contributed by atoms with Crippen LogP contribution in [0.3, 0.4) is 0 Å². The van der Waals surface area contributed by atoms with E-state index in [2.05, 4.69) is 25.3 Å². The van der Waals surface area contributed by atoms with Gasteiger partial charge in [0.15, 0.2) is 0 Å². The molecule has 0 spiro atoms. The molecule has 0 bridgehead atoms. The molecule has 0 aliphatic rings. The van der Waals surface area contributed by atoms with E-state index in [1.165, 1.54) is 0 Å². The van der Waals surface area contributed by atoms with Crippen molar-refractivity contribution in [2.45, 2.75) is 52.5 Å². The van der Waals surface area contributed by atoms with Gasteiger partial charge in [0.1, 0.15) is 5.67 Å². The van der Waals surface area contributed by atoms with E-state index in [1.54, 1.807) is 0 Å². The van der Waals surface area contributed by atoms with Crippen LogP contribution in [0.15, 0.2) is 0 Å². The first-order valence-electron chi connectivity index (χ1n) is 8.36. The predicted octanol–water partition coefficient (Wildman–Crippen LogP) is 3.33. The van der Waals surface area contributed by atoms with Gasteiger partial charge in [0.25, 0.3) is 0 Å². The second-order valence-corrected chi connectivity index (χ2v) is 13.9. The first kappa shape index (κ1) is 22.8. The van der Waals surface area contributed by atoms with Gasteiger partial charge in [-0.2, -0.15) is 0 Å². The van der Waals surface area contributed by atoms with Gasteiger partial charge in [-0.15, -0.1) is 0 Å². The minimum Gasteiger partial charge on any atom is -0.412 e. The fourth-order valence-electron chi connectivity index (χ4n) is 1.96. The van der Waals surface area contributed by atoms with Crippen LogP contribution in [0.5, 0.6) is 0 Å². The van der Waals surface area contributed by atoms with E-state index in [-0.39, 0.29) is 11.5 Å². The zero-order chi connectivity index (χ0) is 18.1. The molecule has 0 aliphatic carbocycles. The van der Waals surface area contributed by atoms with Gasteiger partial charge in [0, 0.05) is 34.0 Å². The molecule has 23 heavy (non-hydrogen) atoms. The van der Waals surface area contributed by atoms with Crippen LogP contribution in [0.2, 0.25) is 0 Å². The average Bonchev–Trinajstić information content (AvgIpc) is 2.44. The van der Waals surface area contributed by atoms with Crippen LogP contribution in [-0.4, -0.2) is 66.2 Å². The van der Waals surface area contributed by atoms with Crippen molar-refractivity contribution in [1.29, 1.82) is 0 Å². The second-order valence-electron chi connectivity index (χ2n) is 6.13. The van der Waals surface area contributed by atoms with Gasteiger partial charge in [0.05, 0.1) is 20.0 Å². The molecule has 0 radical (unpaired) electrons. The average molecular weight is 369 g/mol. The standard InChI is InChI=1S/C15H34NO5PSi/c1-9-14(16-15(17)21-13(5)22(6,7)8)23(18-10-2,19-11-3)20-12-4/h13-14H,9-12H2,1-8H3/p+1. The molecule has 2 unspecified atom stereocenters. The van der Waals surface area contributed by atoms with E-state index < -0.39 is 22.2 Å². The maximum absolute atomic E-state index is 12.3. The Morgan fingerprint density at radius 3 is 1.74 bits per heavy atom. The Morgan fingerprint density at radius 2 is 1.43 bits per heavy atom. The maximum Gasteiger partial charge on any atom is 0.524 e. The van der Waals surface area contributed by atoms with Crippen LogP contribution in [0.4, 0.5) is 4.79 Å². The molecule has 2 atom stereocenters. The summed E-state index contributed by atoms with van der Waals surface area (Å²) >= 11 is 0. The lowest BCUT2D eigenvalue weighted by atomic mass is 10.5. The van der Waals surface area contributed by atoms with Crippen LogP contribution in [0.1, 0.15) is 41.0 Å². The zero-order valence-electron chi connectivity index (χ0n) is 16.0. The van der Waals surface area contributed by atoms with E-state index in [9.17, 15) is 4.79 Å². The molecule has 0 fully saturated rings. The summed E-state index contributed by atoms with van der Waals surface area (Å²) in [6.07, 6.45) is 0.218. The zero-order valence-corrected chi connectivity index (χ0v) is 17.9. The van der Waals surface area contributed by atoms with Crippen molar-refractivity contribution in [2.24, 2.45) is 0 Å². The van der Waals surface area contributed by atoms with Crippen molar-refractivity contribution in [1.82, 2.24) is 5.32 Å². The SMILES string of the molecule is CCO[Si](OCC)(OCC)C(CC)NC(=O)OC(C)[P+](C)(C)C. The fraction of sp³-hybridized carbons (Fsp3) is 0.933. The Morgan fingerprint density at radius 1 is 1.00 bits per heavy atom. The lowest BCUT2D eigenvalue weighted by Crippen LogP contribution is -2.63. The molecule has 0 aromatic heterocycles. The summed E-state index contributed by atoms with van der Waals surface area (Å²) in [5.41, 5.74) is -0.319. The lowest BCUT2D eigenvalue weighted by Gasteiger charge is -2.35. The first-order chi connectivity index (χ1) is 10.7. The lowest BCUT2D eigenvalue weighted by molar-refractivity contribution is 0.0550. The highest BCUT2D eigenvalue weighted by Gasteiger charge is 2.50. The number of nitrogens with one attached hydrogen (secondary N) is 1. The van der Waals surface area contributed by atoms with E-state index in [0.29, 0.717) is 26.2 Å². The Labute approximate surface area is 143 Å². The van der Waals surface area contributed by atoms with Crippen LogP contribution in [-0.2, 0) is 18.0 Å². The number of rotatable bonds is 11.